The van der Waals surface area contributed by atoms with Gasteiger partial charge in [0.15, 0.2) is 0 Å². The average Bonchev–Trinajstić information content (AvgIpc) is 2.88. The number of thiazole rings is 1. The zero-order valence-electron chi connectivity index (χ0n) is 9.35. The molecule has 0 bridgehead atoms. The van der Waals surface area contributed by atoms with Gasteiger partial charge in [0.25, 0.3) is 0 Å². The van der Waals surface area contributed by atoms with Gasteiger partial charge < -0.3 is 5.11 Å². The van der Waals surface area contributed by atoms with E-state index in [-0.39, 0.29) is 0 Å². The highest BCUT2D eigenvalue weighted by molar-refractivity contribution is 7.07. The molecule has 88 valence electrons. The van der Waals surface area contributed by atoms with Crippen molar-refractivity contribution >= 4 is 17.3 Å². The van der Waals surface area contributed by atoms with Crippen LogP contribution in [-0.2, 0) is 11.3 Å². The van der Waals surface area contributed by atoms with Crippen LogP contribution in [0.2, 0.25) is 0 Å². The number of aliphatic carboxylic acids is 1. The van der Waals surface area contributed by atoms with Crippen LogP contribution in [0.15, 0.2) is 10.9 Å². The first-order chi connectivity index (χ1) is 7.69. The molecule has 1 N–H and O–H groups in total. The first-order valence-corrected chi connectivity index (χ1v) is 6.49. The lowest BCUT2D eigenvalue weighted by atomic mass is 9.93. The highest BCUT2D eigenvalue weighted by Crippen LogP contribution is 2.33. The lowest BCUT2D eigenvalue weighted by Crippen LogP contribution is -2.49. The van der Waals surface area contributed by atoms with Gasteiger partial charge in [0.05, 0.1) is 11.2 Å². The monoisotopic (exact) mass is 240 g/mol. The largest absolute Gasteiger partial charge is 0.480 e. The smallest absolute Gasteiger partial charge is 0.324 e. The van der Waals surface area contributed by atoms with E-state index in [2.05, 4.69) is 9.88 Å². The lowest BCUT2D eigenvalue weighted by molar-refractivity contribution is -0.150. The first kappa shape index (κ1) is 11.5. The molecule has 0 saturated carbocycles. The molecular weight excluding hydrogens is 224 g/mol. The molecular formula is C11H16N2O2S. The summed E-state index contributed by atoms with van der Waals surface area (Å²) in [5.74, 6) is -0.692. The van der Waals surface area contributed by atoms with Crippen molar-refractivity contribution < 1.29 is 9.90 Å². The second-order valence-corrected chi connectivity index (χ2v) is 4.91. The second kappa shape index (κ2) is 4.51. The molecule has 0 amide bonds. The first-order valence-electron chi connectivity index (χ1n) is 5.54. The number of rotatable bonds is 4. The quantitative estimate of drug-likeness (QED) is 0.874. The molecule has 1 fully saturated rings. The average molecular weight is 240 g/mol. The van der Waals surface area contributed by atoms with Crippen molar-refractivity contribution in [1.29, 1.82) is 0 Å². The van der Waals surface area contributed by atoms with Gasteiger partial charge in [0.2, 0.25) is 0 Å². The summed E-state index contributed by atoms with van der Waals surface area (Å²) in [6, 6.07) is 0. The fraction of sp³-hybridized carbons (Fsp3) is 0.636. The molecule has 0 radical (unpaired) electrons. The highest BCUT2D eigenvalue weighted by Gasteiger charge is 2.46. The Kier molecular flexibility index (Phi) is 3.25. The number of hydrogen-bond acceptors (Lipinski definition) is 4. The molecule has 16 heavy (non-hydrogen) atoms. The zero-order chi connectivity index (χ0) is 11.6. The van der Waals surface area contributed by atoms with E-state index in [1.54, 1.807) is 16.8 Å². The van der Waals surface area contributed by atoms with Crippen LogP contribution in [0.25, 0.3) is 0 Å². The van der Waals surface area contributed by atoms with E-state index in [1.807, 2.05) is 12.3 Å². The SMILES string of the molecule is CCC1(C(=O)O)CCCN1Cc1cscn1. The number of carboxylic acid groups (broad SMARTS) is 1. The summed E-state index contributed by atoms with van der Waals surface area (Å²) < 4.78 is 0. The number of hydrogen-bond donors (Lipinski definition) is 1. The Balaban J connectivity index is 2.16. The fourth-order valence-electron chi connectivity index (χ4n) is 2.47. The number of aromatic nitrogens is 1. The summed E-state index contributed by atoms with van der Waals surface area (Å²) in [6.07, 6.45) is 2.37. The van der Waals surface area contributed by atoms with E-state index < -0.39 is 11.5 Å². The van der Waals surface area contributed by atoms with Gasteiger partial charge in [-0.1, -0.05) is 6.92 Å². The third-order valence-corrected chi connectivity index (χ3v) is 4.08. The maximum absolute atomic E-state index is 11.4. The molecule has 1 unspecified atom stereocenters. The third kappa shape index (κ3) is 1.85. The summed E-state index contributed by atoms with van der Waals surface area (Å²) in [7, 11) is 0. The van der Waals surface area contributed by atoms with Crippen LogP contribution >= 0.6 is 11.3 Å². The van der Waals surface area contributed by atoms with Crippen molar-refractivity contribution in [2.24, 2.45) is 0 Å². The van der Waals surface area contributed by atoms with E-state index >= 15 is 0 Å². The van der Waals surface area contributed by atoms with Gasteiger partial charge >= 0.3 is 5.97 Å². The van der Waals surface area contributed by atoms with Gasteiger partial charge in [-0.15, -0.1) is 11.3 Å². The van der Waals surface area contributed by atoms with Crippen molar-refractivity contribution in [2.75, 3.05) is 6.54 Å². The summed E-state index contributed by atoms with van der Waals surface area (Å²) in [5.41, 5.74) is 2.11. The number of likely N-dealkylation sites (tertiary alicyclic amines) is 1. The maximum Gasteiger partial charge on any atom is 0.324 e. The Bertz CT molecular complexity index is 366. The topological polar surface area (TPSA) is 53.4 Å². The standard InChI is InChI=1S/C11H16N2O2S/c1-2-11(10(14)15)4-3-5-13(11)6-9-7-16-8-12-9/h7-8H,2-6H2,1H3,(H,14,15). The van der Waals surface area contributed by atoms with E-state index in [4.69, 9.17) is 0 Å². The summed E-state index contributed by atoms with van der Waals surface area (Å²) in [5, 5.41) is 11.4. The number of carbonyl (C=O) groups is 1. The van der Waals surface area contributed by atoms with Crippen LogP contribution in [0.4, 0.5) is 0 Å². The van der Waals surface area contributed by atoms with Gasteiger partial charge in [-0.2, -0.15) is 0 Å². The van der Waals surface area contributed by atoms with Crippen molar-refractivity contribution in [3.8, 4) is 0 Å². The fourth-order valence-corrected chi connectivity index (χ4v) is 3.02. The predicted molar refractivity (Wildman–Crippen MR) is 62.4 cm³/mol. The van der Waals surface area contributed by atoms with Gasteiger partial charge in [-0.25, -0.2) is 4.98 Å². The maximum atomic E-state index is 11.4. The predicted octanol–water partition coefficient (Wildman–Crippen LogP) is 1.97. The third-order valence-electron chi connectivity index (χ3n) is 3.44. The molecule has 1 aliphatic rings. The Labute approximate surface area is 98.9 Å². The molecule has 4 nitrogen and oxygen atoms in total. The number of carboxylic acids is 1. The number of nitrogens with zero attached hydrogens (tertiary/aromatic N) is 2. The van der Waals surface area contributed by atoms with Crippen molar-refractivity contribution in [2.45, 2.75) is 38.3 Å². The molecule has 2 rings (SSSR count). The molecule has 1 atom stereocenters. The van der Waals surface area contributed by atoms with Gasteiger partial charge in [-0.05, 0) is 25.8 Å². The Hall–Kier alpha value is -0.940. The molecule has 1 aromatic heterocycles. The minimum absolute atomic E-state index is 0.656. The van der Waals surface area contributed by atoms with E-state index in [9.17, 15) is 9.90 Å². The van der Waals surface area contributed by atoms with Gasteiger partial charge in [-0.3, -0.25) is 9.69 Å². The molecule has 0 spiro atoms. The molecule has 0 aliphatic carbocycles. The van der Waals surface area contributed by atoms with Crippen molar-refractivity contribution in [3.63, 3.8) is 0 Å². The van der Waals surface area contributed by atoms with E-state index in [0.717, 1.165) is 25.1 Å². The molecule has 1 saturated heterocycles. The molecule has 1 aromatic rings. The van der Waals surface area contributed by atoms with Gasteiger partial charge in [0.1, 0.15) is 5.54 Å². The van der Waals surface area contributed by atoms with Crippen LogP contribution in [-0.4, -0.2) is 33.0 Å². The van der Waals surface area contributed by atoms with E-state index in [0.29, 0.717) is 13.0 Å². The Morgan fingerprint density at radius 2 is 2.56 bits per heavy atom. The Morgan fingerprint density at radius 3 is 3.12 bits per heavy atom. The van der Waals surface area contributed by atoms with Crippen LogP contribution in [0, 0.1) is 0 Å². The molecule has 5 heteroatoms. The molecule has 0 aromatic carbocycles. The second-order valence-electron chi connectivity index (χ2n) is 4.20. The Morgan fingerprint density at radius 1 is 1.75 bits per heavy atom. The van der Waals surface area contributed by atoms with Crippen molar-refractivity contribution in [3.05, 3.63) is 16.6 Å². The summed E-state index contributed by atoms with van der Waals surface area (Å²) in [4.78, 5) is 17.7. The highest BCUT2D eigenvalue weighted by atomic mass is 32.1. The van der Waals surface area contributed by atoms with Crippen LogP contribution in [0.3, 0.4) is 0 Å². The minimum Gasteiger partial charge on any atom is -0.480 e. The van der Waals surface area contributed by atoms with Crippen LogP contribution in [0.5, 0.6) is 0 Å². The van der Waals surface area contributed by atoms with E-state index in [1.165, 1.54) is 0 Å². The molecule has 1 aliphatic heterocycles. The molecule has 2 heterocycles. The van der Waals surface area contributed by atoms with Crippen LogP contribution < -0.4 is 0 Å². The zero-order valence-corrected chi connectivity index (χ0v) is 10.2. The van der Waals surface area contributed by atoms with Crippen molar-refractivity contribution in [1.82, 2.24) is 9.88 Å². The summed E-state index contributed by atoms with van der Waals surface area (Å²) >= 11 is 1.55. The summed E-state index contributed by atoms with van der Waals surface area (Å²) in [6.45, 7) is 3.47. The normalized spacial score (nSPS) is 26.1. The van der Waals surface area contributed by atoms with Crippen LogP contribution in [0.1, 0.15) is 31.9 Å². The van der Waals surface area contributed by atoms with Gasteiger partial charge in [0, 0.05) is 11.9 Å². The minimum atomic E-state index is -0.692. The lowest BCUT2D eigenvalue weighted by Gasteiger charge is -2.33.